The molecule has 4 rings (SSSR count). The molecule has 2 amide bonds. The molecule has 9 heteroatoms. The minimum Gasteiger partial charge on any atom is -0.362 e. The zero-order valence-corrected chi connectivity index (χ0v) is 17.9. The Kier molecular flexibility index (Phi) is 5.93. The molecule has 1 aliphatic rings. The van der Waals surface area contributed by atoms with Crippen molar-refractivity contribution in [1.29, 1.82) is 0 Å². The van der Waals surface area contributed by atoms with Crippen LogP contribution in [0.3, 0.4) is 0 Å². The number of nitrogens with two attached hydrogens (primary N) is 1. The Morgan fingerprint density at radius 2 is 1.66 bits per heavy atom. The fraction of sp³-hybridized carbons (Fsp3) is 0.130. The van der Waals surface area contributed by atoms with E-state index in [1.807, 2.05) is 23.1 Å². The second kappa shape index (κ2) is 8.81. The van der Waals surface area contributed by atoms with E-state index in [4.69, 9.17) is 5.14 Å². The molecular weight excluding hydrogens is 428 g/mol. The zero-order chi connectivity index (χ0) is 22.7. The summed E-state index contributed by atoms with van der Waals surface area (Å²) in [4.78, 5) is 27.4. The first-order chi connectivity index (χ1) is 15.3. The van der Waals surface area contributed by atoms with Crippen molar-refractivity contribution in [1.82, 2.24) is 0 Å². The number of primary sulfonamides is 1. The highest BCUT2D eigenvalue weighted by atomic mass is 32.2. The van der Waals surface area contributed by atoms with Crippen LogP contribution in [0.15, 0.2) is 77.7 Å². The first kappa shape index (κ1) is 21.5. The van der Waals surface area contributed by atoms with Gasteiger partial charge < -0.3 is 15.5 Å². The molecule has 32 heavy (non-hydrogen) atoms. The molecule has 0 bridgehead atoms. The van der Waals surface area contributed by atoms with Gasteiger partial charge in [-0.25, -0.2) is 13.6 Å². The number of nitrogens with zero attached hydrogens (tertiary/aromatic N) is 1. The van der Waals surface area contributed by atoms with Crippen LogP contribution in [0, 0.1) is 0 Å². The zero-order valence-electron chi connectivity index (χ0n) is 17.1. The van der Waals surface area contributed by atoms with Gasteiger partial charge in [0.1, 0.15) is 0 Å². The molecule has 3 aromatic carbocycles. The van der Waals surface area contributed by atoms with E-state index in [1.54, 1.807) is 48.5 Å². The summed E-state index contributed by atoms with van der Waals surface area (Å²) in [5, 5.41) is 10.8. The van der Waals surface area contributed by atoms with Crippen molar-refractivity contribution >= 4 is 38.9 Å². The number of fused-ring (bicyclic) bond motifs is 1. The number of carbonyl (C=O) groups excluding carboxylic acids is 2. The molecule has 3 aromatic rings. The summed E-state index contributed by atoms with van der Waals surface area (Å²) >= 11 is 0. The van der Waals surface area contributed by atoms with Crippen LogP contribution in [0.25, 0.3) is 0 Å². The molecule has 0 spiro atoms. The Morgan fingerprint density at radius 1 is 0.938 bits per heavy atom. The van der Waals surface area contributed by atoms with Crippen LogP contribution < -0.4 is 20.7 Å². The van der Waals surface area contributed by atoms with Crippen LogP contribution >= 0.6 is 0 Å². The number of anilines is 3. The second-order valence-corrected chi connectivity index (χ2v) is 8.98. The predicted molar refractivity (Wildman–Crippen MR) is 123 cm³/mol. The molecule has 0 aromatic heterocycles. The van der Waals surface area contributed by atoms with Gasteiger partial charge in [0.15, 0.2) is 0 Å². The number of carbonyl (C=O) groups is 2. The third-order valence-electron chi connectivity index (χ3n) is 5.18. The van der Waals surface area contributed by atoms with E-state index in [9.17, 15) is 18.0 Å². The summed E-state index contributed by atoms with van der Waals surface area (Å²) in [6.07, 6.45) is 0.613. The smallest absolute Gasteiger partial charge is 0.257 e. The first-order valence-electron chi connectivity index (χ1n) is 9.97. The Hall–Kier alpha value is -3.69. The molecule has 8 nitrogen and oxygen atoms in total. The summed E-state index contributed by atoms with van der Waals surface area (Å²) in [6.45, 7) is 0.642. The Balaban J connectivity index is 1.46. The fourth-order valence-corrected chi connectivity index (χ4v) is 4.23. The number of nitrogens with one attached hydrogen (secondary N) is 2. The quantitative estimate of drug-likeness (QED) is 0.533. The number of benzene rings is 3. The third kappa shape index (κ3) is 4.79. The lowest BCUT2D eigenvalue weighted by Gasteiger charge is -2.19. The second-order valence-electron chi connectivity index (χ2n) is 7.42. The van der Waals surface area contributed by atoms with Crippen molar-refractivity contribution in [3.63, 3.8) is 0 Å². The third-order valence-corrected chi connectivity index (χ3v) is 6.09. The monoisotopic (exact) mass is 450 g/mol. The normalized spacial score (nSPS) is 12.8. The van der Waals surface area contributed by atoms with Gasteiger partial charge in [0.25, 0.3) is 5.91 Å². The maximum atomic E-state index is 12.7. The van der Waals surface area contributed by atoms with Gasteiger partial charge in [0.2, 0.25) is 15.9 Å². The number of amides is 2. The number of para-hydroxylation sites is 2. The average Bonchev–Trinajstić information content (AvgIpc) is 3.16. The predicted octanol–water partition coefficient (Wildman–Crippen LogP) is 2.59. The van der Waals surface area contributed by atoms with Crippen molar-refractivity contribution in [3.05, 3.63) is 83.9 Å². The van der Waals surface area contributed by atoms with Crippen molar-refractivity contribution in [2.24, 2.45) is 5.14 Å². The van der Waals surface area contributed by atoms with E-state index in [2.05, 4.69) is 10.6 Å². The van der Waals surface area contributed by atoms with E-state index in [0.717, 1.165) is 11.3 Å². The van der Waals surface area contributed by atoms with Gasteiger partial charge in [0.05, 0.1) is 22.7 Å². The molecule has 0 aliphatic carbocycles. The van der Waals surface area contributed by atoms with Gasteiger partial charge >= 0.3 is 0 Å². The van der Waals surface area contributed by atoms with Crippen LogP contribution in [-0.4, -0.2) is 33.3 Å². The molecule has 0 radical (unpaired) electrons. The van der Waals surface area contributed by atoms with E-state index in [-0.39, 0.29) is 23.3 Å². The van der Waals surface area contributed by atoms with Crippen LogP contribution in [0.5, 0.6) is 0 Å². The number of rotatable bonds is 6. The standard InChI is InChI=1S/C23H22N4O4S/c24-32(30,31)18-10-11-21-16(14-18)12-13-27(21)15-22(28)26-20-9-5-4-8-19(20)23(29)25-17-6-2-1-3-7-17/h1-11,14H,12-13,15H2,(H,25,29)(H,26,28)(H2,24,30,31). The van der Waals surface area contributed by atoms with Gasteiger partial charge in [-0.15, -0.1) is 0 Å². The van der Waals surface area contributed by atoms with Gasteiger partial charge in [-0.05, 0) is 54.4 Å². The van der Waals surface area contributed by atoms with Gasteiger partial charge in [0, 0.05) is 17.9 Å². The lowest BCUT2D eigenvalue weighted by molar-refractivity contribution is -0.115. The molecule has 1 aliphatic heterocycles. The topological polar surface area (TPSA) is 122 Å². The average molecular weight is 451 g/mol. The van der Waals surface area contributed by atoms with E-state index in [0.29, 0.717) is 29.9 Å². The molecule has 164 valence electrons. The molecular formula is C23H22N4O4S. The maximum Gasteiger partial charge on any atom is 0.257 e. The van der Waals surface area contributed by atoms with Gasteiger partial charge in [-0.2, -0.15) is 0 Å². The van der Waals surface area contributed by atoms with E-state index >= 15 is 0 Å². The van der Waals surface area contributed by atoms with Crippen molar-refractivity contribution < 1.29 is 18.0 Å². The van der Waals surface area contributed by atoms with E-state index < -0.39 is 10.0 Å². The van der Waals surface area contributed by atoms with Gasteiger partial charge in [-0.3, -0.25) is 9.59 Å². The fourth-order valence-electron chi connectivity index (χ4n) is 3.66. The molecule has 4 N–H and O–H groups in total. The highest BCUT2D eigenvalue weighted by Gasteiger charge is 2.23. The maximum absolute atomic E-state index is 12.7. The molecule has 0 fully saturated rings. The summed E-state index contributed by atoms with van der Waals surface area (Å²) < 4.78 is 23.1. The summed E-state index contributed by atoms with van der Waals surface area (Å²) in [7, 11) is -3.78. The van der Waals surface area contributed by atoms with Crippen LogP contribution in [0.1, 0.15) is 15.9 Å². The summed E-state index contributed by atoms with van der Waals surface area (Å²) in [6, 6.07) is 20.5. The minimum atomic E-state index is -3.78. The lowest BCUT2D eigenvalue weighted by Crippen LogP contribution is -2.32. The van der Waals surface area contributed by atoms with Crippen LogP contribution in [-0.2, 0) is 21.2 Å². The summed E-state index contributed by atoms with van der Waals surface area (Å²) in [5.74, 6) is -0.609. The SMILES string of the molecule is NS(=O)(=O)c1ccc2c(c1)CCN2CC(=O)Nc1ccccc1C(=O)Nc1ccccc1. The molecule has 1 heterocycles. The molecule has 0 saturated heterocycles. The number of sulfonamides is 1. The first-order valence-corrected chi connectivity index (χ1v) is 11.5. The Bertz CT molecular complexity index is 1280. The van der Waals surface area contributed by atoms with Crippen LogP contribution in [0.2, 0.25) is 0 Å². The Morgan fingerprint density at radius 3 is 2.41 bits per heavy atom. The minimum absolute atomic E-state index is 0.0564. The molecule has 0 saturated carbocycles. The van der Waals surface area contributed by atoms with Gasteiger partial charge in [-0.1, -0.05) is 30.3 Å². The van der Waals surface area contributed by atoms with Crippen molar-refractivity contribution in [2.75, 3.05) is 28.6 Å². The van der Waals surface area contributed by atoms with Crippen molar-refractivity contribution in [2.45, 2.75) is 11.3 Å². The highest BCUT2D eigenvalue weighted by Crippen LogP contribution is 2.30. The Labute approximate surface area is 186 Å². The lowest BCUT2D eigenvalue weighted by atomic mass is 10.1. The number of hydrogen-bond acceptors (Lipinski definition) is 5. The number of hydrogen-bond donors (Lipinski definition) is 3. The van der Waals surface area contributed by atoms with Crippen molar-refractivity contribution in [3.8, 4) is 0 Å². The van der Waals surface area contributed by atoms with Crippen LogP contribution in [0.4, 0.5) is 17.1 Å². The van der Waals surface area contributed by atoms with E-state index in [1.165, 1.54) is 6.07 Å². The highest BCUT2D eigenvalue weighted by molar-refractivity contribution is 7.89. The molecule has 0 atom stereocenters. The molecule has 0 unspecified atom stereocenters. The summed E-state index contributed by atoms with van der Waals surface area (Å²) in [5.41, 5.74) is 3.04. The largest absolute Gasteiger partial charge is 0.362 e.